The van der Waals surface area contributed by atoms with Gasteiger partial charge >= 0.3 is 0 Å². The van der Waals surface area contributed by atoms with E-state index in [4.69, 9.17) is 5.41 Å². The smallest absolute Gasteiger partial charge is 0.155 e. The third-order valence-corrected chi connectivity index (χ3v) is 6.63. The second-order valence-electron chi connectivity index (χ2n) is 10.1. The van der Waals surface area contributed by atoms with Gasteiger partial charge in [-0.1, -0.05) is 36.3 Å². The SMILES string of the molecule is CC(=N)C=Cc1c(C)ncnc1C1=CCC(C=CC(=O)CCC=CC2=CC(C)=NC=C(C)C2)CCCC1. The fourth-order valence-electron chi connectivity index (χ4n) is 4.60. The second-order valence-corrected chi connectivity index (χ2v) is 10.1. The molecule has 0 fully saturated rings. The highest BCUT2D eigenvalue weighted by atomic mass is 16.1. The highest BCUT2D eigenvalue weighted by molar-refractivity contribution is 5.95. The molecule has 1 N–H and O–H groups in total. The fourth-order valence-corrected chi connectivity index (χ4v) is 4.60. The van der Waals surface area contributed by atoms with Crippen LogP contribution in [0.3, 0.4) is 0 Å². The van der Waals surface area contributed by atoms with Crippen molar-refractivity contribution in [3.05, 3.63) is 83.2 Å². The van der Waals surface area contributed by atoms with E-state index in [2.05, 4.69) is 52.3 Å². The Morgan fingerprint density at radius 2 is 1.97 bits per heavy atom. The monoisotopic (exact) mass is 496 g/mol. The topological polar surface area (TPSA) is 79.1 Å². The lowest BCUT2D eigenvalue weighted by molar-refractivity contribution is -0.114. The molecule has 5 heteroatoms. The first-order valence-electron chi connectivity index (χ1n) is 13.3. The summed E-state index contributed by atoms with van der Waals surface area (Å²) >= 11 is 0. The van der Waals surface area contributed by atoms with Crippen molar-refractivity contribution in [2.75, 3.05) is 0 Å². The molecule has 1 aliphatic carbocycles. The molecule has 2 aliphatic rings. The van der Waals surface area contributed by atoms with Crippen molar-refractivity contribution in [2.45, 2.75) is 79.1 Å². The molecule has 1 aromatic heterocycles. The van der Waals surface area contributed by atoms with Crippen molar-refractivity contribution in [3.63, 3.8) is 0 Å². The number of aromatic nitrogens is 2. The van der Waals surface area contributed by atoms with Crippen LogP contribution in [0, 0.1) is 18.3 Å². The van der Waals surface area contributed by atoms with Gasteiger partial charge in [-0.3, -0.25) is 9.79 Å². The summed E-state index contributed by atoms with van der Waals surface area (Å²) in [5.41, 5.74) is 8.11. The van der Waals surface area contributed by atoms with Crippen LogP contribution < -0.4 is 0 Å². The minimum Gasteiger partial charge on any atom is -0.306 e. The third kappa shape index (κ3) is 9.49. The summed E-state index contributed by atoms with van der Waals surface area (Å²) < 4.78 is 0. The van der Waals surface area contributed by atoms with Crippen molar-refractivity contribution in [3.8, 4) is 0 Å². The Balaban J connectivity index is 1.59. The molecule has 0 radical (unpaired) electrons. The summed E-state index contributed by atoms with van der Waals surface area (Å²) in [6.07, 6.45) is 27.2. The summed E-state index contributed by atoms with van der Waals surface area (Å²) in [5.74, 6) is 0.536. The number of hydrogen-bond acceptors (Lipinski definition) is 5. The Hall–Kier alpha value is -3.47. The number of aliphatic imine (C=N–C) groups is 1. The number of aryl methyl sites for hydroxylation is 1. The first-order valence-corrected chi connectivity index (χ1v) is 13.3. The highest BCUT2D eigenvalue weighted by Crippen LogP contribution is 2.30. The molecule has 194 valence electrons. The predicted octanol–water partition coefficient (Wildman–Crippen LogP) is 7.96. The van der Waals surface area contributed by atoms with Crippen LogP contribution in [-0.4, -0.2) is 27.2 Å². The van der Waals surface area contributed by atoms with Gasteiger partial charge in [-0.25, -0.2) is 9.97 Å². The van der Waals surface area contributed by atoms with E-state index in [1.54, 1.807) is 25.4 Å². The zero-order valence-electron chi connectivity index (χ0n) is 22.8. The molecular formula is C32H40N4O. The quantitative estimate of drug-likeness (QED) is 0.278. The highest BCUT2D eigenvalue weighted by Gasteiger charge is 2.15. The van der Waals surface area contributed by atoms with Crippen molar-refractivity contribution in [1.29, 1.82) is 5.41 Å². The van der Waals surface area contributed by atoms with E-state index in [1.807, 2.05) is 26.1 Å². The number of allylic oxidation sites excluding steroid dienone is 10. The molecule has 1 unspecified atom stereocenters. The van der Waals surface area contributed by atoms with Gasteiger partial charge in [-0.15, -0.1) is 0 Å². The van der Waals surface area contributed by atoms with Crippen LogP contribution >= 0.6 is 0 Å². The molecule has 1 atom stereocenters. The van der Waals surface area contributed by atoms with Crippen molar-refractivity contribution < 1.29 is 4.79 Å². The molecule has 1 aromatic rings. The Morgan fingerprint density at radius 1 is 1.14 bits per heavy atom. The van der Waals surface area contributed by atoms with Crippen LogP contribution in [-0.2, 0) is 4.79 Å². The van der Waals surface area contributed by atoms with Gasteiger partial charge in [0.25, 0.3) is 0 Å². The van der Waals surface area contributed by atoms with E-state index in [-0.39, 0.29) is 5.78 Å². The van der Waals surface area contributed by atoms with E-state index in [0.29, 0.717) is 18.1 Å². The minimum absolute atomic E-state index is 0.181. The van der Waals surface area contributed by atoms with Crippen LogP contribution in [0.1, 0.15) is 89.1 Å². The number of nitrogens with zero attached hydrogens (tertiary/aromatic N) is 3. The summed E-state index contributed by atoms with van der Waals surface area (Å²) in [7, 11) is 0. The summed E-state index contributed by atoms with van der Waals surface area (Å²) in [4.78, 5) is 25.9. The molecule has 0 saturated carbocycles. The first kappa shape index (κ1) is 28.1. The average Bonchev–Trinajstić information content (AvgIpc) is 3.00. The standard InChI is InChI=1S/C32H40N4O/c1-23-19-28(20-25(3)34-21-23)10-6-8-12-30(37)17-15-27-9-5-7-11-29(16-14-27)32-31(18-13-24(2)33)26(4)35-22-36-32/h6,10,13,15-18,20-22,27,33H,5,7-9,11-12,14,19H2,1-4H3. The van der Waals surface area contributed by atoms with E-state index >= 15 is 0 Å². The molecule has 0 spiro atoms. The normalized spacial score (nSPS) is 19.2. The molecule has 0 saturated heterocycles. The van der Waals surface area contributed by atoms with Gasteiger partial charge in [0.15, 0.2) is 5.78 Å². The Morgan fingerprint density at radius 3 is 2.78 bits per heavy atom. The van der Waals surface area contributed by atoms with Gasteiger partial charge in [-0.05, 0) is 108 Å². The molecule has 0 aromatic carbocycles. The van der Waals surface area contributed by atoms with E-state index in [0.717, 1.165) is 67.6 Å². The number of rotatable bonds is 9. The van der Waals surface area contributed by atoms with Gasteiger partial charge in [-0.2, -0.15) is 0 Å². The Kier molecular flexibility index (Phi) is 10.9. The van der Waals surface area contributed by atoms with E-state index in [1.165, 1.54) is 16.7 Å². The molecular weight excluding hydrogens is 456 g/mol. The van der Waals surface area contributed by atoms with Gasteiger partial charge in [0.05, 0.1) is 5.69 Å². The predicted molar refractivity (Wildman–Crippen MR) is 156 cm³/mol. The lowest BCUT2D eigenvalue weighted by atomic mass is 9.89. The van der Waals surface area contributed by atoms with Crippen molar-refractivity contribution in [1.82, 2.24) is 9.97 Å². The molecule has 2 heterocycles. The van der Waals surface area contributed by atoms with Crippen LogP contribution in [0.2, 0.25) is 0 Å². The minimum atomic E-state index is 0.181. The van der Waals surface area contributed by atoms with Crippen LogP contribution in [0.15, 0.2) is 71.2 Å². The molecule has 0 amide bonds. The molecule has 0 bridgehead atoms. The Bertz CT molecular complexity index is 1210. The van der Waals surface area contributed by atoms with Gasteiger partial charge in [0.1, 0.15) is 6.33 Å². The summed E-state index contributed by atoms with van der Waals surface area (Å²) in [6.45, 7) is 7.86. The first-order chi connectivity index (χ1) is 17.8. The van der Waals surface area contributed by atoms with Gasteiger partial charge < -0.3 is 5.41 Å². The molecule has 5 nitrogen and oxygen atoms in total. The molecule has 1 aliphatic heterocycles. The zero-order valence-corrected chi connectivity index (χ0v) is 22.8. The molecule has 3 rings (SSSR count). The number of nitrogens with one attached hydrogen (secondary N) is 1. The lowest BCUT2D eigenvalue weighted by Gasteiger charge is -2.18. The lowest BCUT2D eigenvalue weighted by Crippen LogP contribution is -2.04. The fraction of sp³-hybridized carbons (Fsp3) is 0.406. The van der Waals surface area contributed by atoms with Crippen LogP contribution in [0.25, 0.3) is 11.6 Å². The Labute approximate surface area is 222 Å². The van der Waals surface area contributed by atoms with E-state index < -0.39 is 0 Å². The van der Waals surface area contributed by atoms with Gasteiger partial charge in [0.2, 0.25) is 0 Å². The number of hydrogen-bond donors (Lipinski definition) is 1. The maximum Gasteiger partial charge on any atom is 0.155 e. The third-order valence-electron chi connectivity index (χ3n) is 6.63. The number of carbonyl (C=O) groups excluding carboxylic acids is 1. The maximum absolute atomic E-state index is 12.5. The maximum atomic E-state index is 12.5. The van der Waals surface area contributed by atoms with Gasteiger partial charge in [0, 0.05) is 35.3 Å². The van der Waals surface area contributed by atoms with Crippen molar-refractivity contribution >= 4 is 28.9 Å². The average molecular weight is 497 g/mol. The number of ketones is 1. The largest absolute Gasteiger partial charge is 0.306 e. The van der Waals surface area contributed by atoms with Crippen molar-refractivity contribution in [2.24, 2.45) is 10.9 Å². The summed E-state index contributed by atoms with van der Waals surface area (Å²) in [6, 6.07) is 0. The summed E-state index contributed by atoms with van der Waals surface area (Å²) in [5, 5.41) is 7.73. The van der Waals surface area contributed by atoms with Crippen LogP contribution in [0.4, 0.5) is 0 Å². The second kappa shape index (κ2) is 14.3. The number of carbonyl (C=O) groups is 1. The van der Waals surface area contributed by atoms with E-state index in [9.17, 15) is 4.79 Å². The molecule has 37 heavy (non-hydrogen) atoms. The van der Waals surface area contributed by atoms with Crippen LogP contribution in [0.5, 0.6) is 0 Å². The zero-order chi connectivity index (χ0) is 26.6.